The van der Waals surface area contributed by atoms with Crippen LogP contribution in [0, 0.1) is 0 Å². The maximum atomic E-state index is 9.95. The third-order valence-corrected chi connectivity index (χ3v) is 5.03. The molecule has 1 N–H and O–H groups in total. The molecule has 0 aromatic heterocycles. The van der Waals surface area contributed by atoms with Crippen LogP contribution in [-0.4, -0.2) is 70.2 Å². The molecule has 1 fully saturated rings. The first-order valence-corrected chi connectivity index (χ1v) is 8.31. The summed E-state index contributed by atoms with van der Waals surface area (Å²) in [6, 6.07) is 0. The van der Waals surface area contributed by atoms with Gasteiger partial charge in [-0.05, 0) is 26.7 Å². The molecule has 2 aliphatic rings. The van der Waals surface area contributed by atoms with Crippen LogP contribution in [0.15, 0.2) is 17.6 Å². The number of amidine groups is 1. The molecule has 4 nitrogen and oxygen atoms in total. The van der Waals surface area contributed by atoms with Gasteiger partial charge in [-0.15, -0.1) is 6.58 Å². The Morgan fingerprint density at radius 1 is 1.40 bits per heavy atom. The van der Waals surface area contributed by atoms with Crippen molar-refractivity contribution in [3.05, 3.63) is 12.7 Å². The van der Waals surface area contributed by atoms with E-state index in [4.69, 9.17) is 0 Å². The first-order chi connectivity index (χ1) is 9.50. The Bertz CT molecular complexity index is 362. The van der Waals surface area contributed by atoms with Crippen LogP contribution in [0.2, 0.25) is 0 Å². The lowest BCUT2D eigenvalue weighted by Crippen LogP contribution is -2.49. The molecule has 0 bridgehead atoms. The average molecular weight is 297 g/mol. The van der Waals surface area contributed by atoms with E-state index < -0.39 is 0 Å². The SMILES string of the molecule is C=CCC[C@@H](O)CN1CCN(C2=NCC(C)(C)S2)CC1. The lowest BCUT2D eigenvalue weighted by atomic mass is 10.2. The molecule has 2 aliphatic heterocycles. The molecule has 2 heterocycles. The first-order valence-electron chi connectivity index (χ1n) is 7.50. The second-order valence-corrected chi connectivity index (χ2v) is 7.94. The topological polar surface area (TPSA) is 39.1 Å². The van der Waals surface area contributed by atoms with Crippen molar-refractivity contribution in [2.75, 3.05) is 39.3 Å². The summed E-state index contributed by atoms with van der Waals surface area (Å²) in [4.78, 5) is 9.42. The molecule has 114 valence electrons. The molecule has 0 radical (unpaired) electrons. The predicted molar refractivity (Wildman–Crippen MR) is 87.4 cm³/mol. The number of hydrogen-bond donors (Lipinski definition) is 1. The Balaban J connectivity index is 1.71. The highest BCUT2D eigenvalue weighted by Crippen LogP contribution is 2.33. The van der Waals surface area contributed by atoms with Gasteiger partial charge in [0.2, 0.25) is 0 Å². The van der Waals surface area contributed by atoms with Gasteiger partial charge in [-0.25, -0.2) is 0 Å². The number of hydrogen-bond acceptors (Lipinski definition) is 5. The van der Waals surface area contributed by atoms with Gasteiger partial charge in [0.05, 0.1) is 12.6 Å². The molecular weight excluding hydrogens is 270 g/mol. The lowest BCUT2D eigenvalue weighted by molar-refractivity contribution is 0.0856. The van der Waals surface area contributed by atoms with Gasteiger partial charge in [-0.3, -0.25) is 9.89 Å². The second-order valence-electron chi connectivity index (χ2n) is 6.27. The van der Waals surface area contributed by atoms with E-state index in [1.807, 2.05) is 17.8 Å². The lowest BCUT2D eigenvalue weighted by Gasteiger charge is -2.36. The van der Waals surface area contributed by atoms with Crippen LogP contribution in [-0.2, 0) is 0 Å². The Kier molecular flexibility index (Phi) is 5.52. The van der Waals surface area contributed by atoms with E-state index in [2.05, 4.69) is 35.2 Å². The zero-order valence-corrected chi connectivity index (χ0v) is 13.5. The molecule has 0 spiro atoms. The molecule has 1 atom stereocenters. The average Bonchev–Trinajstić information content (AvgIpc) is 2.77. The predicted octanol–water partition coefficient (Wildman–Crippen LogP) is 1.81. The smallest absolute Gasteiger partial charge is 0.159 e. The summed E-state index contributed by atoms with van der Waals surface area (Å²) >= 11 is 1.90. The van der Waals surface area contributed by atoms with Gasteiger partial charge in [0.25, 0.3) is 0 Å². The Labute approximate surface area is 126 Å². The number of piperazine rings is 1. The highest BCUT2D eigenvalue weighted by molar-refractivity contribution is 8.15. The van der Waals surface area contributed by atoms with Crippen LogP contribution in [0.25, 0.3) is 0 Å². The van der Waals surface area contributed by atoms with Gasteiger partial charge in [0.1, 0.15) is 0 Å². The van der Waals surface area contributed by atoms with Crippen molar-refractivity contribution < 1.29 is 5.11 Å². The van der Waals surface area contributed by atoms with Gasteiger partial charge in [0, 0.05) is 37.5 Å². The van der Waals surface area contributed by atoms with Crippen LogP contribution >= 0.6 is 11.8 Å². The van der Waals surface area contributed by atoms with E-state index in [1.165, 1.54) is 5.17 Å². The monoisotopic (exact) mass is 297 g/mol. The maximum Gasteiger partial charge on any atom is 0.159 e. The molecule has 0 aromatic rings. The van der Waals surface area contributed by atoms with Crippen molar-refractivity contribution in [3.8, 4) is 0 Å². The number of aliphatic hydroxyl groups is 1. The first kappa shape index (κ1) is 15.9. The summed E-state index contributed by atoms with van der Waals surface area (Å²) in [5.74, 6) is 0. The van der Waals surface area contributed by atoms with Crippen molar-refractivity contribution in [1.82, 2.24) is 9.80 Å². The Morgan fingerprint density at radius 3 is 2.65 bits per heavy atom. The van der Waals surface area contributed by atoms with Crippen molar-refractivity contribution in [3.63, 3.8) is 0 Å². The molecule has 20 heavy (non-hydrogen) atoms. The summed E-state index contributed by atoms with van der Waals surface area (Å²) in [6.07, 6.45) is 3.36. The number of allylic oxidation sites excluding steroid dienone is 1. The number of aliphatic imine (C=N–C) groups is 1. The zero-order chi connectivity index (χ0) is 14.6. The quantitative estimate of drug-likeness (QED) is 0.786. The summed E-state index contributed by atoms with van der Waals surface area (Å²) < 4.78 is 0.257. The second kappa shape index (κ2) is 6.96. The number of β-amino-alcohol motifs (C(OH)–C–C–N with tert-alkyl or cyclic N) is 1. The summed E-state index contributed by atoms with van der Waals surface area (Å²) in [5.41, 5.74) is 0. The largest absolute Gasteiger partial charge is 0.392 e. The number of aliphatic hydroxyl groups excluding tert-OH is 1. The molecule has 0 saturated carbocycles. The van der Waals surface area contributed by atoms with Crippen molar-refractivity contribution in [1.29, 1.82) is 0 Å². The van der Waals surface area contributed by atoms with Gasteiger partial charge in [0.15, 0.2) is 5.17 Å². The number of rotatable bonds is 5. The van der Waals surface area contributed by atoms with E-state index in [0.717, 1.165) is 52.1 Å². The fourth-order valence-corrected chi connectivity index (χ4v) is 3.62. The van der Waals surface area contributed by atoms with Crippen molar-refractivity contribution in [2.24, 2.45) is 4.99 Å². The van der Waals surface area contributed by atoms with Gasteiger partial charge in [-0.2, -0.15) is 0 Å². The van der Waals surface area contributed by atoms with Crippen molar-refractivity contribution in [2.45, 2.75) is 37.5 Å². The standard InChI is InChI=1S/C15H27N3OS/c1-4-5-6-13(19)11-17-7-9-18(10-8-17)14-16-12-15(2,3)20-14/h4,13,19H,1,5-12H2,2-3H3/t13-/m1/s1. The van der Waals surface area contributed by atoms with E-state index >= 15 is 0 Å². The summed E-state index contributed by atoms with van der Waals surface area (Å²) in [7, 11) is 0. The zero-order valence-electron chi connectivity index (χ0n) is 12.7. The van der Waals surface area contributed by atoms with Gasteiger partial charge >= 0.3 is 0 Å². The van der Waals surface area contributed by atoms with E-state index in [0.29, 0.717) is 0 Å². The van der Waals surface area contributed by atoms with E-state index in [-0.39, 0.29) is 10.9 Å². The molecule has 0 aromatic carbocycles. The fourth-order valence-electron chi connectivity index (χ4n) is 2.56. The van der Waals surface area contributed by atoms with Crippen LogP contribution in [0.1, 0.15) is 26.7 Å². The summed E-state index contributed by atoms with van der Waals surface area (Å²) in [5, 5.41) is 11.2. The van der Waals surface area contributed by atoms with E-state index in [1.54, 1.807) is 0 Å². The molecule has 1 saturated heterocycles. The Hall–Kier alpha value is -0.520. The highest BCUT2D eigenvalue weighted by atomic mass is 32.2. The molecule has 0 amide bonds. The number of nitrogens with zero attached hydrogens (tertiary/aromatic N) is 3. The summed E-state index contributed by atoms with van der Waals surface area (Å²) in [6.45, 7) is 14.0. The minimum absolute atomic E-state index is 0.225. The number of thioether (sulfide) groups is 1. The fraction of sp³-hybridized carbons (Fsp3) is 0.800. The molecule has 0 aliphatic carbocycles. The maximum absolute atomic E-state index is 9.95. The van der Waals surface area contributed by atoms with E-state index in [9.17, 15) is 5.11 Å². The van der Waals surface area contributed by atoms with Crippen molar-refractivity contribution >= 4 is 16.9 Å². The molecule has 2 rings (SSSR count). The molecule has 5 heteroatoms. The minimum atomic E-state index is -0.225. The van der Waals surface area contributed by atoms with Crippen LogP contribution in [0.4, 0.5) is 0 Å². The molecular formula is C15H27N3OS. The normalized spacial score (nSPS) is 24.6. The highest BCUT2D eigenvalue weighted by Gasteiger charge is 2.31. The third-order valence-electron chi connectivity index (χ3n) is 3.78. The van der Waals surface area contributed by atoms with Crippen LogP contribution in [0.5, 0.6) is 0 Å². The van der Waals surface area contributed by atoms with Gasteiger partial charge < -0.3 is 10.0 Å². The van der Waals surface area contributed by atoms with Gasteiger partial charge in [-0.1, -0.05) is 17.8 Å². The molecule has 0 unspecified atom stereocenters. The minimum Gasteiger partial charge on any atom is -0.392 e. The van der Waals surface area contributed by atoms with Crippen LogP contribution in [0.3, 0.4) is 0 Å². The van der Waals surface area contributed by atoms with Crippen LogP contribution < -0.4 is 0 Å². The Morgan fingerprint density at radius 2 is 2.10 bits per heavy atom. The third kappa shape index (κ3) is 4.50.